The molecule has 1 N–H and O–H groups in total. The molecule has 4 nitrogen and oxygen atoms in total. The average Bonchev–Trinajstić information content (AvgIpc) is 3.14. The van der Waals surface area contributed by atoms with Crippen LogP contribution in [0.3, 0.4) is 0 Å². The Balaban J connectivity index is 1.31. The summed E-state index contributed by atoms with van der Waals surface area (Å²) in [5.41, 5.74) is 6.24. The zero-order valence-corrected chi connectivity index (χ0v) is 17.4. The third-order valence-electron chi connectivity index (χ3n) is 5.43. The molecule has 1 aliphatic rings. The molecule has 0 unspecified atom stereocenters. The van der Waals surface area contributed by atoms with Gasteiger partial charge in [-0.25, -0.2) is 4.79 Å². The summed E-state index contributed by atoms with van der Waals surface area (Å²) in [7, 11) is 0. The molecule has 154 valence electrons. The lowest BCUT2D eigenvalue weighted by Gasteiger charge is -2.14. The van der Waals surface area contributed by atoms with Gasteiger partial charge in [-0.15, -0.1) is 0 Å². The van der Waals surface area contributed by atoms with Gasteiger partial charge in [0.2, 0.25) is 0 Å². The number of carbonyl (C=O) groups excluding carboxylic acids is 2. The van der Waals surface area contributed by atoms with Crippen LogP contribution in [0, 0.1) is 11.8 Å². The maximum Gasteiger partial charge on any atom is 0.407 e. The Morgan fingerprint density at radius 1 is 0.903 bits per heavy atom. The van der Waals surface area contributed by atoms with Gasteiger partial charge in [0.25, 0.3) is 0 Å². The first-order valence-corrected chi connectivity index (χ1v) is 10.4. The van der Waals surface area contributed by atoms with Crippen molar-refractivity contribution in [3.8, 4) is 23.0 Å². The van der Waals surface area contributed by atoms with Gasteiger partial charge in [0.15, 0.2) is 5.78 Å². The topological polar surface area (TPSA) is 55.4 Å². The molecular formula is C27H23NO3. The number of benzene rings is 3. The predicted molar refractivity (Wildman–Crippen MR) is 121 cm³/mol. The zero-order valence-electron chi connectivity index (χ0n) is 17.4. The van der Waals surface area contributed by atoms with Crippen LogP contribution in [0.2, 0.25) is 0 Å². The lowest BCUT2D eigenvalue weighted by atomic mass is 9.98. The van der Waals surface area contributed by atoms with Crippen molar-refractivity contribution in [1.82, 2.24) is 5.32 Å². The summed E-state index contributed by atoms with van der Waals surface area (Å²) < 4.78 is 5.49. The molecule has 0 fully saturated rings. The summed E-state index contributed by atoms with van der Waals surface area (Å²) in [6, 6.07) is 23.6. The van der Waals surface area contributed by atoms with Crippen LogP contribution in [-0.4, -0.2) is 25.0 Å². The summed E-state index contributed by atoms with van der Waals surface area (Å²) in [6.45, 7) is 2.30. The van der Waals surface area contributed by atoms with Crippen molar-refractivity contribution in [2.75, 3.05) is 13.2 Å². The van der Waals surface area contributed by atoms with Crippen LogP contribution in [0.5, 0.6) is 0 Å². The van der Waals surface area contributed by atoms with E-state index in [9.17, 15) is 9.59 Å². The van der Waals surface area contributed by atoms with Crippen molar-refractivity contribution in [3.05, 3.63) is 95.1 Å². The second kappa shape index (κ2) is 9.32. The summed E-state index contributed by atoms with van der Waals surface area (Å²) >= 11 is 0. The molecule has 31 heavy (non-hydrogen) atoms. The van der Waals surface area contributed by atoms with Crippen LogP contribution in [-0.2, 0) is 4.74 Å². The lowest BCUT2D eigenvalue weighted by molar-refractivity contribution is 0.0988. The number of Topliss-reactive ketones (excluding diaryl/α,β-unsaturated/α-hetero) is 1. The predicted octanol–water partition coefficient (Wildman–Crippen LogP) is 5.17. The number of hydrogen-bond acceptors (Lipinski definition) is 3. The van der Waals surface area contributed by atoms with Crippen LogP contribution in [0.4, 0.5) is 4.79 Å². The summed E-state index contributed by atoms with van der Waals surface area (Å²) in [4.78, 5) is 23.8. The van der Waals surface area contributed by atoms with Crippen molar-refractivity contribution < 1.29 is 14.3 Å². The number of ketones is 1. The highest BCUT2D eigenvalue weighted by molar-refractivity contribution is 5.95. The van der Waals surface area contributed by atoms with E-state index in [1.807, 2.05) is 43.3 Å². The van der Waals surface area contributed by atoms with E-state index in [1.54, 1.807) is 12.1 Å². The molecule has 0 spiro atoms. The van der Waals surface area contributed by atoms with Crippen LogP contribution in [0.15, 0.2) is 72.8 Å². The van der Waals surface area contributed by atoms with E-state index < -0.39 is 6.09 Å². The Hall–Kier alpha value is -3.84. The van der Waals surface area contributed by atoms with E-state index in [1.165, 1.54) is 22.3 Å². The van der Waals surface area contributed by atoms with Gasteiger partial charge in [-0.1, -0.05) is 79.4 Å². The molecule has 1 amide bonds. The number of nitrogens with one attached hydrogen (secondary N) is 1. The maximum atomic E-state index is 12.1. The third-order valence-corrected chi connectivity index (χ3v) is 5.43. The number of carbonyl (C=O) groups is 2. The second-order valence-electron chi connectivity index (χ2n) is 7.33. The molecule has 4 rings (SSSR count). The van der Waals surface area contributed by atoms with E-state index in [-0.39, 0.29) is 24.9 Å². The first-order valence-electron chi connectivity index (χ1n) is 10.4. The smallest absolute Gasteiger partial charge is 0.407 e. The molecule has 0 bridgehead atoms. The number of hydrogen-bond donors (Lipinski definition) is 1. The molecule has 1 aliphatic carbocycles. The first kappa shape index (κ1) is 20.4. The van der Waals surface area contributed by atoms with Gasteiger partial charge >= 0.3 is 6.09 Å². The lowest BCUT2D eigenvalue weighted by Crippen LogP contribution is -2.26. The largest absolute Gasteiger partial charge is 0.449 e. The van der Waals surface area contributed by atoms with E-state index in [0.29, 0.717) is 12.0 Å². The number of fused-ring (bicyclic) bond motifs is 3. The summed E-state index contributed by atoms with van der Waals surface area (Å²) in [5, 5.41) is 2.67. The van der Waals surface area contributed by atoms with Crippen LogP contribution < -0.4 is 5.32 Å². The second-order valence-corrected chi connectivity index (χ2v) is 7.33. The molecule has 0 aromatic heterocycles. The molecule has 0 heterocycles. The Bertz CT molecular complexity index is 1120. The Morgan fingerprint density at radius 2 is 1.52 bits per heavy atom. The molecule has 0 radical (unpaired) electrons. The van der Waals surface area contributed by atoms with Gasteiger partial charge in [-0.05, 0) is 34.4 Å². The van der Waals surface area contributed by atoms with Gasteiger partial charge in [-0.3, -0.25) is 4.79 Å². The Morgan fingerprint density at radius 3 is 2.13 bits per heavy atom. The fraction of sp³-hybridized carbons (Fsp3) is 0.185. The van der Waals surface area contributed by atoms with E-state index in [2.05, 4.69) is 41.4 Å². The normalized spacial score (nSPS) is 11.6. The minimum absolute atomic E-state index is 0.0357. The third kappa shape index (κ3) is 4.51. The minimum Gasteiger partial charge on any atom is -0.449 e. The molecule has 0 saturated heterocycles. The highest BCUT2D eigenvalue weighted by Crippen LogP contribution is 2.44. The number of rotatable bonds is 5. The van der Waals surface area contributed by atoms with Gasteiger partial charge in [-0.2, -0.15) is 0 Å². The molecule has 0 saturated carbocycles. The molecule has 3 aromatic rings. The standard InChI is InChI=1S/C27H23NO3/c1-2-26(29)20-15-13-19(14-16-20)8-7-17-28-27(30)31-18-25-23-11-5-3-9-21(23)22-10-4-6-12-24(22)25/h3-6,9-16,25H,2,17-18H2,1H3,(H,28,30). The number of amides is 1. The molecule has 4 heteroatoms. The Kier molecular flexibility index (Phi) is 6.14. The van der Waals surface area contributed by atoms with E-state index >= 15 is 0 Å². The number of ether oxygens (including phenoxy) is 1. The molecule has 0 atom stereocenters. The number of alkyl carbamates (subject to hydrolysis) is 1. The van der Waals surface area contributed by atoms with E-state index in [0.717, 1.165) is 5.56 Å². The van der Waals surface area contributed by atoms with Crippen molar-refractivity contribution in [2.45, 2.75) is 19.3 Å². The summed E-state index contributed by atoms with van der Waals surface area (Å²) in [5.74, 6) is 6.03. The monoisotopic (exact) mass is 409 g/mol. The summed E-state index contributed by atoms with van der Waals surface area (Å²) in [6.07, 6.45) is -0.00483. The quantitative estimate of drug-likeness (QED) is 0.467. The molecule has 0 aliphatic heterocycles. The van der Waals surface area contributed by atoms with Crippen molar-refractivity contribution in [2.24, 2.45) is 0 Å². The highest BCUT2D eigenvalue weighted by Gasteiger charge is 2.28. The molecule has 3 aromatic carbocycles. The Labute approximate surface area is 182 Å². The van der Waals surface area contributed by atoms with E-state index in [4.69, 9.17) is 4.74 Å². The van der Waals surface area contributed by atoms with Crippen molar-refractivity contribution in [3.63, 3.8) is 0 Å². The SMILES string of the molecule is CCC(=O)c1ccc(C#CCNC(=O)OCC2c3ccccc3-c3ccccc32)cc1. The average molecular weight is 409 g/mol. The van der Waals surface area contributed by atoms with Crippen LogP contribution >= 0.6 is 0 Å². The zero-order chi connectivity index (χ0) is 21.6. The minimum atomic E-state index is -0.486. The molecular weight excluding hydrogens is 386 g/mol. The van der Waals surface area contributed by atoms with Crippen molar-refractivity contribution >= 4 is 11.9 Å². The first-order chi connectivity index (χ1) is 15.2. The van der Waals surface area contributed by atoms with Crippen LogP contribution in [0.1, 0.15) is 46.3 Å². The van der Waals surface area contributed by atoms with Crippen LogP contribution in [0.25, 0.3) is 11.1 Å². The highest BCUT2D eigenvalue weighted by atomic mass is 16.5. The fourth-order valence-corrected chi connectivity index (χ4v) is 3.86. The van der Waals surface area contributed by atoms with Gasteiger partial charge in [0, 0.05) is 23.5 Å². The fourth-order valence-electron chi connectivity index (χ4n) is 3.86. The van der Waals surface area contributed by atoms with Gasteiger partial charge in [0.05, 0.1) is 6.54 Å². The van der Waals surface area contributed by atoms with Crippen molar-refractivity contribution in [1.29, 1.82) is 0 Å². The maximum absolute atomic E-state index is 12.1. The van der Waals surface area contributed by atoms with Gasteiger partial charge < -0.3 is 10.1 Å². The van der Waals surface area contributed by atoms with Gasteiger partial charge in [0.1, 0.15) is 6.61 Å².